The van der Waals surface area contributed by atoms with Crippen LogP contribution in [0.2, 0.25) is 0 Å². The summed E-state index contributed by atoms with van der Waals surface area (Å²) in [4.78, 5) is 34.0. The summed E-state index contributed by atoms with van der Waals surface area (Å²) in [5.74, 6) is -0.0975. The molecule has 1 aliphatic carbocycles. The van der Waals surface area contributed by atoms with Gasteiger partial charge in [-0.2, -0.15) is 0 Å². The highest BCUT2D eigenvalue weighted by atomic mass is 16.2. The third kappa shape index (κ3) is 3.47. The van der Waals surface area contributed by atoms with Crippen LogP contribution in [0.4, 0.5) is 0 Å². The van der Waals surface area contributed by atoms with Gasteiger partial charge in [0.05, 0.1) is 0 Å². The topological polar surface area (TPSA) is 76.9 Å². The molecule has 1 aliphatic rings. The molecule has 6 nitrogen and oxygen atoms in total. The van der Waals surface area contributed by atoms with E-state index in [1.807, 2.05) is 13.8 Å². The molecule has 0 unspecified atom stereocenters. The largest absolute Gasteiger partial charge is 0.348 e. The SMILES string of the molecule is CC(C)Cn1c(=O)c(C(=O)NC2CCCCC2)nc2cccnc21. The van der Waals surface area contributed by atoms with Gasteiger partial charge in [0.15, 0.2) is 11.3 Å². The van der Waals surface area contributed by atoms with E-state index in [0.717, 1.165) is 25.7 Å². The van der Waals surface area contributed by atoms with E-state index in [-0.39, 0.29) is 29.1 Å². The second-order valence-corrected chi connectivity index (χ2v) is 6.92. The van der Waals surface area contributed by atoms with Gasteiger partial charge in [-0.25, -0.2) is 9.97 Å². The Bertz CT molecular complexity index is 791. The normalized spacial score (nSPS) is 15.8. The molecule has 128 valence electrons. The van der Waals surface area contributed by atoms with Gasteiger partial charge in [0.25, 0.3) is 11.5 Å². The van der Waals surface area contributed by atoms with Gasteiger partial charge in [0, 0.05) is 18.8 Å². The fourth-order valence-corrected chi connectivity index (χ4v) is 3.26. The first-order chi connectivity index (χ1) is 11.6. The summed E-state index contributed by atoms with van der Waals surface area (Å²) < 4.78 is 1.57. The summed E-state index contributed by atoms with van der Waals surface area (Å²) in [6, 6.07) is 3.70. The molecule has 1 N–H and O–H groups in total. The molecule has 0 spiro atoms. The number of carbonyl (C=O) groups excluding carboxylic acids is 1. The highest BCUT2D eigenvalue weighted by Gasteiger charge is 2.22. The smallest absolute Gasteiger partial charge is 0.283 e. The number of nitrogens with zero attached hydrogens (tertiary/aromatic N) is 3. The van der Waals surface area contributed by atoms with E-state index in [9.17, 15) is 9.59 Å². The first-order valence-corrected chi connectivity index (χ1v) is 8.72. The van der Waals surface area contributed by atoms with Crippen molar-refractivity contribution in [3.05, 3.63) is 34.4 Å². The molecule has 3 rings (SSSR count). The highest BCUT2D eigenvalue weighted by molar-refractivity contribution is 5.93. The van der Waals surface area contributed by atoms with Crippen LogP contribution in [0.25, 0.3) is 11.2 Å². The molecule has 1 amide bonds. The Morgan fingerprint density at radius 1 is 1.33 bits per heavy atom. The predicted molar refractivity (Wildman–Crippen MR) is 93.0 cm³/mol. The average Bonchev–Trinajstić information content (AvgIpc) is 2.57. The van der Waals surface area contributed by atoms with E-state index < -0.39 is 0 Å². The Balaban J connectivity index is 1.99. The monoisotopic (exact) mass is 328 g/mol. The Hall–Kier alpha value is -2.24. The first kappa shape index (κ1) is 16.6. The lowest BCUT2D eigenvalue weighted by Crippen LogP contribution is -2.41. The van der Waals surface area contributed by atoms with Crippen LogP contribution in [0, 0.1) is 5.92 Å². The first-order valence-electron chi connectivity index (χ1n) is 8.72. The molecule has 0 bridgehead atoms. The molecule has 2 aromatic heterocycles. The van der Waals surface area contributed by atoms with E-state index in [1.54, 1.807) is 22.9 Å². The second kappa shape index (κ2) is 7.11. The number of amides is 1. The summed E-state index contributed by atoms with van der Waals surface area (Å²) in [6.45, 7) is 4.57. The number of aromatic nitrogens is 3. The van der Waals surface area contributed by atoms with Crippen molar-refractivity contribution in [1.29, 1.82) is 0 Å². The number of hydrogen-bond acceptors (Lipinski definition) is 4. The van der Waals surface area contributed by atoms with Gasteiger partial charge in [-0.05, 0) is 30.9 Å². The van der Waals surface area contributed by atoms with Crippen LogP contribution >= 0.6 is 0 Å². The quantitative estimate of drug-likeness (QED) is 0.935. The minimum absolute atomic E-state index is 0.0262. The van der Waals surface area contributed by atoms with Crippen LogP contribution in [0.5, 0.6) is 0 Å². The van der Waals surface area contributed by atoms with Crippen molar-refractivity contribution in [3.8, 4) is 0 Å². The molecule has 2 heterocycles. The summed E-state index contributed by atoms with van der Waals surface area (Å²) >= 11 is 0. The molecule has 1 fully saturated rings. The van der Waals surface area contributed by atoms with Gasteiger partial charge in [0.1, 0.15) is 5.52 Å². The van der Waals surface area contributed by atoms with Crippen LogP contribution in [0.1, 0.15) is 56.4 Å². The van der Waals surface area contributed by atoms with Crippen molar-refractivity contribution in [2.24, 2.45) is 5.92 Å². The maximum Gasteiger partial charge on any atom is 0.283 e. The maximum absolute atomic E-state index is 12.8. The molecular weight excluding hydrogens is 304 g/mol. The molecule has 0 aromatic carbocycles. The van der Waals surface area contributed by atoms with Gasteiger partial charge in [-0.3, -0.25) is 14.2 Å². The van der Waals surface area contributed by atoms with Gasteiger partial charge >= 0.3 is 0 Å². The number of nitrogens with one attached hydrogen (secondary N) is 1. The van der Waals surface area contributed by atoms with Gasteiger partial charge in [-0.15, -0.1) is 0 Å². The molecular formula is C18H24N4O2. The molecule has 0 saturated heterocycles. The fraction of sp³-hybridized carbons (Fsp3) is 0.556. The molecule has 0 aliphatic heterocycles. The zero-order valence-corrected chi connectivity index (χ0v) is 14.3. The van der Waals surface area contributed by atoms with Crippen LogP contribution in [0.15, 0.2) is 23.1 Å². The van der Waals surface area contributed by atoms with Gasteiger partial charge in [0.2, 0.25) is 0 Å². The fourth-order valence-electron chi connectivity index (χ4n) is 3.26. The number of carbonyl (C=O) groups is 1. The zero-order valence-electron chi connectivity index (χ0n) is 14.3. The van der Waals surface area contributed by atoms with E-state index in [1.165, 1.54) is 6.42 Å². The average molecular weight is 328 g/mol. The molecule has 0 radical (unpaired) electrons. The number of rotatable bonds is 4. The van der Waals surface area contributed by atoms with Crippen molar-refractivity contribution in [1.82, 2.24) is 19.9 Å². The zero-order chi connectivity index (χ0) is 17.1. The maximum atomic E-state index is 12.8. The Morgan fingerprint density at radius 3 is 2.79 bits per heavy atom. The second-order valence-electron chi connectivity index (χ2n) is 6.92. The predicted octanol–water partition coefficient (Wildman–Crippen LogP) is 2.51. The minimum Gasteiger partial charge on any atom is -0.348 e. The molecule has 2 aromatic rings. The third-order valence-electron chi connectivity index (χ3n) is 4.40. The summed E-state index contributed by atoms with van der Waals surface area (Å²) in [5, 5.41) is 2.99. The lowest BCUT2D eigenvalue weighted by molar-refractivity contribution is 0.0920. The van der Waals surface area contributed by atoms with Crippen molar-refractivity contribution < 1.29 is 4.79 Å². The van der Waals surface area contributed by atoms with Gasteiger partial charge < -0.3 is 5.32 Å². The lowest BCUT2D eigenvalue weighted by atomic mass is 9.95. The van der Waals surface area contributed by atoms with Crippen LogP contribution in [-0.4, -0.2) is 26.5 Å². The van der Waals surface area contributed by atoms with E-state index in [2.05, 4.69) is 15.3 Å². The number of hydrogen-bond donors (Lipinski definition) is 1. The number of pyridine rings is 1. The summed E-state index contributed by atoms with van der Waals surface area (Å²) in [6.07, 6.45) is 7.05. The Morgan fingerprint density at radius 2 is 2.08 bits per heavy atom. The standard InChI is InChI=1S/C18H24N4O2/c1-12(2)11-22-16-14(9-6-10-19-16)21-15(18(22)24)17(23)20-13-7-4-3-5-8-13/h6,9-10,12-13H,3-5,7-8,11H2,1-2H3,(H,20,23). The lowest BCUT2D eigenvalue weighted by Gasteiger charge is -2.22. The van der Waals surface area contributed by atoms with Crippen LogP contribution < -0.4 is 10.9 Å². The third-order valence-corrected chi connectivity index (χ3v) is 4.40. The van der Waals surface area contributed by atoms with Crippen molar-refractivity contribution in [2.75, 3.05) is 0 Å². The number of fused-ring (bicyclic) bond motifs is 1. The summed E-state index contributed by atoms with van der Waals surface area (Å²) in [7, 11) is 0. The Kier molecular flexibility index (Phi) is 4.92. The van der Waals surface area contributed by atoms with Crippen LogP contribution in [0.3, 0.4) is 0 Å². The molecule has 24 heavy (non-hydrogen) atoms. The molecule has 0 atom stereocenters. The van der Waals surface area contributed by atoms with E-state index >= 15 is 0 Å². The van der Waals surface area contributed by atoms with Crippen molar-refractivity contribution in [3.63, 3.8) is 0 Å². The van der Waals surface area contributed by atoms with Crippen molar-refractivity contribution >= 4 is 17.1 Å². The van der Waals surface area contributed by atoms with Crippen LogP contribution in [-0.2, 0) is 6.54 Å². The van der Waals surface area contributed by atoms with E-state index in [0.29, 0.717) is 17.7 Å². The Labute approximate surface area is 141 Å². The summed E-state index contributed by atoms with van der Waals surface area (Å²) in [5.41, 5.74) is 0.724. The minimum atomic E-state index is -0.366. The highest BCUT2D eigenvalue weighted by Crippen LogP contribution is 2.17. The van der Waals surface area contributed by atoms with Crippen molar-refractivity contribution in [2.45, 2.75) is 58.5 Å². The molecule has 1 saturated carbocycles. The van der Waals surface area contributed by atoms with Gasteiger partial charge in [-0.1, -0.05) is 33.1 Å². The van der Waals surface area contributed by atoms with E-state index in [4.69, 9.17) is 0 Å². The molecule has 6 heteroatoms.